The number of oxazole rings is 1. The molecule has 1 amide bonds. The number of amides is 1. The lowest BCUT2D eigenvalue weighted by molar-refractivity contribution is -0.130. The Kier molecular flexibility index (Phi) is 5.68. The third kappa shape index (κ3) is 4.47. The van der Waals surface area contributed by atoms with Gasteiger partial charge in [0.25, 0.3) is 0 Å². The fraction of sp³-hybridized carbons (Fsp3) is 0.222. The molecule has 0 fully saturated rings. The van der Waals surface area contributed by atoms with Crippen LogP contribution >= 0.6 is 22.9 Å². The molecule has 0 aliphatic carbocycles. The Hall–Kier alpha value is -2.25. The van der Waals surface area contributed by atoms with E-state index in [1.54, 1.807) is 18.0 Å². The second kappa shape index (κ2) is 7.97. The number of aryl methyl sites for hydroxylation is 1. The molecule has 0 saturated carbocycles. The lowest BCUT2D eigenvalue weighted by Crippen LogP contribution is -2.26. The molecule has 8 heteroatoms. The van der Waals surface area contributed by atoms with E-state index >= 15 is 0 Å². The van der Waals surface area contributed by atoms with Gasteiger partial charge in [0.1, 0.15) is 11.6 Å². The average molecular weight is 397 g/mol. The minimum atomic E-state index is -0.724. The maximum absolute atomic E-state index is 13.8. The molecule has 4 nitrogen and oxygen atoms in total. The van der Waals surface area contributed by atoms with E-state index in [4.69, 9.17) is 16.0 Å². The summed E-state index contributed by atoms with van der Waals surface area (Å²) >= 11 is 7.31. The van der Waals surface area contributed by atoms with Gasteiger partial charge in [0.05, 0.1) is 22.6 Å². The SMILES string of the molecule is CN(Cc1ccc(Cl)s1)C(=O)CCc1ncc(-c2ccc(F)cc2F)o1. The van der Waals surface area contributed by atoms with Crippen LogP contribution in [0.3, 0.4) is 0 Å². The Bertz CT molecular complexity index is 926. The predicted molar refractivity (Wildman–Crippen MR) is 96.0 cm³/mol. The predicted octanol–water partition coefficient (Wildman–Crippen LogP) is 4.93. The minimum absolute atomic E-state index is 0.0674. The summed E-state index contributed by atoms with van der Waals surface area (Å²) in [5, 5.41) is 0. The normalized spacial score (nSPS) is 10.9. The quantitative estimate of drug-likeness (QED) is 0.593. The third-order valence-electron chi connectivity index (χ3n) is 3.75. The second-order valence-electron chi connectivity index (χ2n) is 5.70. The van der Waals surface area contributed by atoms with Gasteiger partial charge in [-0.3, -0.25) is 4.79 Å². The number of rotatable bonds is 6. The number of hydrogen-bond acceptors (Lipinski definition) is 4. The summed E-state index contributed by atoms with van der Waals surface area (Å²) in [4.78, 5) is 18.9. The summed E-state index contributed by atoms with van der Waals surface area (Å²) in [6.07, 6.45) is 1.87. The number of thiophene rings is 1. The first kappa shape index (κ1) is 18.5. The van der Waals surface area contributed by atoms with Crippen molar-refractivity contribution in [1.82, 2.24) is 9.88 Å². The highest BCUT2D eigenvalue weighted by Gasteiger charge is 2.15. The summed E-state index contributed by atoms with van der Waals surface area (Å²) in [5.41, 5.74) is 0.128. The molecule has 136 valence electrons. The number of nitrogens with zero attached hydrogens (tertiary/aromatic N) is 2. The van der Waals surface area contributed by atoms with E-state index in [1.165, 1.54) is 23.6 Å². The molecule has 0 spiro atoms. The van der Waals surface area contributed by atoms with Gasteiger partial charge in [0.2, 0.25) is 5.91 Å². The molecule has 0 aliphatic heterocycles. The van der Waals surface area contributed by atoms with E-state index in [-0.39, 0.29) is 30.1 Å². The number of aromatic nitrogens is 1. The van der Waals surface area contributed by atoms with Crippen molar-refractivity contribution < 1.29 is 18.0 Å². The molecule has 3 rings (SSSR count). The van der Waals surface area contributed by atoms with E-state index < -0.39 is 11.6 Å². The molecule has 2 aromatic heterocycles. The Labute approximate surface area is 158 Å². The standard InChI is InChI=1S/C18H15ClF2N2O2S/c1-23(10-12-3-5-16(19)26-12)18(24)7-6-17-22-9-15(25-17)13-4-2-11(20)8-14(13)21/h2-5,8-9H,6-7,10H2,1H3. The highest BCUT2D eigenvalue weighted by Crippen LogP contribution is 2.25. The number of halogens is 3. The fourth-order valence-corrected chi connectivity index (χ4v) is 3.54. The molecule has 3 aromatic rings. The topological polar surface area (TPSA) is 46.3 Å². The van der Waals surface area contributed by atoms with Crippen LogP contribution in [0.5, 0.6) is 0 Å². The smallest absolute Gasteiger partial charge is 0.223 e. The molecule has 0 atom stereocenters. The van der Waals surface area contributed by atoms with Crippen LogP contribution in [0.1, 0.15) is 17.2 Å². The van der Waals surface area contributed by atoms with Crippen molar-refractivity contribution >= 4 is 28.8 Å². The van der Waals surface area contributed by atoms with Gasteiger partial charge < -0.3 is 9.32 Å². The van der Waals surface area contributed by atoms with Crippen molar-refractivity contribution in [3.8, 4) is 11.3 Å². The summed E-state index contributed by atoms with van der Waals surface area (Å²) in [6, 6.07) is 6.90. The zero-order chi connectivity index (χ0) is 18.7. The molecular weight excluding hydrogens is 382 g/mol. The van der Waals surface area contributed by atoms with Crippen molar-refractivity contribution in [1.29, 1.82) is 0 Å². The summed E-state index contributed by atoms with van der Waals surface area (Å²) < 4.78 is 32.9. The van der Waals surface area contributed by atoms with Crippen LogP contribution in [-0.2, 0) is 17.8 Å². The number of carbonyl (C=O) groups excluding carboxylic acids is 1. The molecule has 0 aliphatic rings. The van der Waals surface area contributed by atoms with Gasteiger partial charge in [-0.1, -0.05) is 11.6 Å². The maximum atomic E-state index is 13.8. The molecule has 2 heterocycles. The van der Waals surface area contributed by atoms with E-state index in [9.17, 15) is 13.6 Å². The number of benzene rings is 1. The van der Waals surface area contributed by atoms with Crippen LogP contribution in [0.25, 0.3) is 11.3 Å². The monoisotopic (exact) mass is 396 g/mol. The molecule has 0 radical (unpaired) electrons. The largest absolute Gasteiger partial charge is 0.441 e. The van der Waals surface area contributed by atoms with Gasteiger partial charge in [-0.25, -0.2) is 13.8 Å². The molecule has 0 unspecified atom stereocenters. The Balaban J connectivity index is 1.58. The van der Waals surface area contributed by atoms with E-state index in [0.717, 1.165) is 17.0 Å². The highest BCUT2D eigenvalue weighted by atomic mass is 35.5. The van der Waals surface area contributed by atoms with Gasteiger partial charge in [-0.05, 0) is 24.3 Å². The Morgan fingerprint density at radius 2 is 2.12 bits per heavy atom. The average Bonchev–Trinajstić information content (AvgIpc) is 3.21. The van der Waals surface area contributed by atoms with Crippen molar-refractivity contribution in [2.45, 2.75) is 19.4 Å². The van der Waals surface area contributed by atoms with Crippen LogP contribution in [-0.4, -0.2) is 22.8 Å². The van der Waals surface area contributed by atoms with E-state index in [0.29, 0.717) is 16.8 Å². The molecule has 26 heavy (non-hydrogen) atoms. The Morgan fingerprint density at radius 3 is 2.81 bits per heavy atom. The molecular formula is C18H15ClF2N2O2S. The summed E-state index contributed by atoms with van der Waals surface area (Å²) in [6.45, 7) is 0.480. The van der Waals surface area contributed by atoms with Gasteiger partial charge in [0.15, 0.2) is 11.7 Å². The fourth-order valence-electron chi connectivity index (χ4n) is 2.40. The number of hydrogen-bond donors (Lipinski definition) is 0. The van der Waals surface area contributed by atoms with Crippen molar-refractivity contribution in [2.24, 2.45) is 0 Å². The second-order valence-corrected chi connectivity index (χ2v) is 7.50. The highest BCUT2D eigenvalue weighted by molar-refractivity contribution is 7.16. The molecule has 0 saturated heterocycles. The number of carbonyl (C=O) groups is 1. The van der Waals surface area contributed by atoms with Gasteiger partial charge in [-0.2, -0.15) is 0 Å². The first-order valence-electron chi connectivity index (χ1n) is 7.80. The lowest BCUT2D eigenvalue weighted by Gasteiger charge is -2.15. The van der Waals surface area contributed by atoms with Crippen LogP contribution < -0.4 is 0 Å². The zero-order valence-corrected chi connectivity index (χ0v) is 15.4. The van der Waals surface area contributed by atoms with E-state index in [1.807, 2.05) is 6.07 Å². The first-order valence-corrected chi connectivity index (χ1v) is 9.00. The van der Waals surface area contributed by atoms with Gasteiger partial charge in [0, 0.05) is 30.8 Å². The van der Waals surface area contributed by atoms with Crippen molar-refractivity contribution in [2.75, 3.05) is 7.05 Å². The van der Waals surface area contributed by atoms with E-state index in [2.05, 4.69) is 4.98 Å². The van der Waals surface area contributed by atoms with Crippen LogP contribution in [0.15, 0.2) is 40.9 Å². The zero-order valence-electron chi connectivity index (χ0n) is 13.8. The first-order chi connectivity index (χ1) is 12.4. The summed E-state index contributed by atoms with van der Waals surface area (Å²) in [5.74, 6) is -0.928. The van der Waals surface area contributed by atoms with Crippen molar-refractivity contribution in [3.05, 3.63) is 63.3 Å². The maximum Gasteiger partial charge on any atom is 0.223 e. The molecule has 1 aromatic carbocycles. The van der Waals surface area contributed by atoms with Crippen LogP contribution in [0.2, 0.25) is 4.34 Å². The minimum Gasteiger partial charge on any atom is -0.441 e. The Morgan fingerprint density at radius 1 is 1.31 bits per heavy atom. The van der Waals surface area contributed by atoms with Crippen molar-refractivity contribution in [3.63, 3.8) is 0 Å². The molecule has 0 N–H and O–H groups in total. The third-order valence-corrected chi connectivity index (χ3v) is 4.97. The van der Waals surface area contributed by atoms with Crippen LogP contribution in [0, 0.1) is 11.6 Å². The van der Waals surface area contributed by atoms with Gasteiger partial charge in [-0.15, -0.1) is 11.3 Å². The lowest BCUT2D eigenvalue weighted by atomic mass is 10.2. The molecule has 0 bridgehead atoms. The van der Waals surface area contributed by atoms with Crippen LogP contribution in [0.4, 0.5) is 8.78 Å². The van der Waals surface area contributed by atoms with Gasteiger partial charge >= 0.3 is 0 Å². The summed E-state index contributed by atoms with van der Waals surface area (Å²) in [7, 11) is 1.71.